The zero-order valence-electron chi connectivity index (χ0n) is 9.30. The Bertz CT molecular complexity index is 550. The maximum absolute atomic E-state index is 11.7. The lowest BCUT2D eigenvalue weighted by Crippen LogP contribution is -2.23. The number of aromatic amines is 1. The minimum Gasteiger partial charge on any atom is -0.343 e. The third-order valence-corrected chi connectivity index (χ3v) is 2.57. The van der Waals surface area contributed by atoms with Crippen LogP contribution in [0.15, 0.2) is 5.38 Å². The van der Waals surface area contributed by atoms with E-state index in [4.69, 9.17) is 0 Å². The van der Waals surface area contributed by atoms with E-state index in [1.807, 2.05) is 0 Å². The van der Waals surface area contributed by atoms with Crippen molar-refractivity contribution in [3.8, 4) is 0 Å². The lowest BCUT2D eigenvalue weighted by atomic mass is 10.4. The summed E-state index contributed by atoms with van der Waals surface area (Å²) in [7, 11) is 0. The average molecular weight is 267 g/mol. The normalized spacial score (nSPS) is 10.1. The fraction of sp³-hybridized carbons (Fsp3) is 0.250. The van der Waals surface area contributed by atoms with Gasteiger partial charge >= 0.3 is 0 Å². The number of tetrazole rings is 1. The number of hydrogen-bond acceptors (Lipinski definition) is 7. The maximum Gasteiger partial charge on any atom is 0.271 e. The maximum atomic E-state index is 11.7. The predicted octanol–water partition coefficient (Wildman–Crippen LogP) is -0.455. The van der Waals surface area contributed by atoms with Crippen molar-refractivity contribution in [1.29, 1.82) is 0 Å². The van der Waals surface area contributed by atoms with Crippen LogP contribution in [0.5, 0.6) is 0 Å². The van der Waals surface area contributed by atoms with E-state index in [1.165, 1.54) is 18.3 Å². The van der Waals surface area contributed by atoms with Crippen LogP contribution >= 0.6 is 11.3 Å². The molecule has 0 aliphatic heterocycles. The van der Waals surface area contributed by atoms with Gasteiger partial charge in [-0.25, -0.2) is 4.98 Å². The van der Waals surface area contributed by atoms with Crippen LogP contribution in [0.25, 0.3) is 0 Å². The molecule has 18 heavy (non-hydrogen) atoms. The second-order valence-corrected chi connectivity index (χ2v) is 4.09. The molecule has 2 aromatic heterocycles. The molecule has 0 aliphatic rings. The highest BCUT2D eigenvalue weighted by Crippen LogP contribution is 2.14. The first-order valence-electron chi connectivity index (χ1n) is 4.89. The number of rotatable bonds is 4. The predicted molar refractivity (Wildman–Crippen MR) is 61.8 cm³/mol. The van der Waals surface area contributed by atoms with E-state index in [1.54, 1.807) is 5.38 Å². The third-order valence-electron chi connectivity index (χ3n) is 1.82. The standard InChI is InChI=1S/C8H9N7O2S/c1-4(16)10-8-11-5(3-18-8)7(17)9-2-6-12-14-15-13-6/h3H,2H2,1H3,(H,9,17)(H,10,11,16)(H,12,13,14,15). The van der Waals surface area contributed by atoms with Gasteiger partial charge in [-0.15, -0.1) is 21.5 Å². The molecule has 9 nitrogen and oxygen atoms in total. The summed E-state index contributed by atoms with van der Waals surface area (Å²) in [6.45, 7) is 1.53. The first-order valence-corrected chi connectivity index (χ1v) is 5.77. The topological polar surface area (TPSA) is 126 Å². The van der Waals surface area contributed by atoms with Crippen LogP contribution in [0.3, 0.4) is 0 Å². The number of anilines is 1. The van der Waals surface area contributed by atoms with Crippen LogP contribution in [-0.4, -0.2) is 37.4 Å². The quantitative estimate of drug-likeness (QED) is 0.688. The van der Waals surface area contributed by atoms with Crippen molar-refractivity contribution in [3.05, 3.63) is 16.9 Å². The fourth-order valence-electron chi connectivity index (χ4n) is 1.09. The van der Waals surface area contributed by atoms with E-state index >= 15 is 0 Å². The summed E-state index contributed by atoms with van der Waals surface area (Å²) in [5, 5.41) is 20.0. The molecule has 10 heteroatoms. The molecule has 0 atom stereocenters. The molecule has 0 fully saturated rings. The van der Waals surface area contributed by atoms with Gasteiger partial charge in [-0.3, -0.25) is 9.59 Å². The molecule has 0 radical (unpaired) electrons. The number of nitrogens with zero attached hydrogens (tertiary/aromatic N) is 4. The molecular weight excluding hydrogens is 258 g/mol. The number of aromatic nitrogens is 5. The van der Waals surface area contributed by atoms with Crippen LogP contribution in [0, 0.1) is 0 Å². The number of H-pyrrole nitrogens is 1. The van der Waals surface area contributed by atoms with Crippen molar-refractivity contribution < 1.29 is 9.59 Å². The number of hydrogen-bond donors (Lipinski definition) is 3. The second kappa shape index (κ2) is 5.31. The van der Waals surface area contributed by atoms with Crippen molar-refractivity contribution in [3.63, 3.8) is 0 Å². The molecule has 2 heterocycles. The Morgan fingerprint density at radius 1 is 1.50 bits per heavy atom. The third kappa shape index (κ3) is 3.07. The van der Waals surface area contributed by atoms with Crippen molar-refractivity contribution in [2.75, 3.05) is 5.32 Å². The molecule has 94 valence electrons. The highest BCUT2D eigenvalue weighted by Gasteiger charge is 2.11. The summed E-state index contributed by atoms with van der Waals surface area (Å²) in [6, 6.07) is 0. The Kier molecular flexibility index (Phi) is 3.57. The monoisotopic (exact) mass is 267 g/mol. The Morgan fingerprint density at radius 2 is 2.33 bits per heavy atom. The Balaban J connectivity index is 1.92. The summed E-state index contributed by atoms with van der Waals surface area (Å²) >= 11 is 1.18. The van der Waals surface area contributed by atoms with E-state index in [0.29, 0.717) is 11.0 Å². The van der Waals surface area contributed by atoms with E-state index in [0.717, 1.165) is 0 Å². The molecule has 3 N–H and O–H groups in total. The largest absolute Gasteiger partial charge is 0.343 e. The van der Waals surface area contributed by atoms with E-state index in [2.05, 4.69) is 36.2 Å². The van der Waals surface area contributed by atoms with Gasteiger partial charge in [-0.2, -0.15) is 5.21 Å². The van der Waals surface area contributed by atoms with Gasteiger partial charge in [0.15, 0.2) is 11.0 Å². The van der Waals surface area contributed by atoms with E-state index in [-0.39, 0.29) is 24.1 Å². The van der Waals surface area contributed by atoms with Gasteiger partial charge in [0.05, 0.1) is 6.54 Å². The van der Waals surface area contributed by atoms with Crippen molar-refractivity contribution >= 4 is 28.3 Å². The lowest BCUT2D eigenvalue weighted by Gasteiger charge is -1.98. The van der Waals surface area contributed by atoms with Gasteiger partial charge in [0.2, 0.25) is 5.91 Å². The second-order valence-electron chi connectivity index (χ2n) is 3.23. The van der Waals surface area contributed by atoms with Gasteiger partial charge < -0.3 is 10.6 Å². The van der Waals surface area contributed by atoms with Crippen LogP contribution in [-0.2, 0) is 11.3 Å². The molecule has 2 rings (SSSR count). The molecular formula is C8H9N7O2S. The van der Waals surface area contributed by atoms with Crippen molar-refractivity contribution in [2.45, 2.75) is 13.5 Å². The first-order chi connectivity index (χ1) is 8.65. The Morgan fingerprint density at radius 3 is 3.00 bits per heavy atom. The van der Waals surface area contributed by atoms with Gasteiger partial charge in [-0.1, -0.05) is 5.21 Å². The first kappa shape index (κ1) is 12.1. The van der Waals surface area contributed by atoms with Crippen molar-refractivity contribution in [1.82, 2.24) is 30.9 Å². The van der Waals surface area contributed by atoms with Crippen LogP contribution in [0.4, 0.5) is 5.13 Å². The number of carbonyl (C=O) groups excluding carboxylic acids is 2. The summed E-state index contributed by atoms with van der Waals surface area (Å²) in [4.78, 5) is 26.4. The summed E-state index contributed by atoms with van der Waals surface area (Å²) in [5.74, 6) is -0.226. The molecule has 0 saturated heterocycles. The Hall–Kier alpha value is -2.36. The van der Waals surface area contributed by atoms with Crippen molar-refractivity contribution in [2.24, 2.45) is 0 Å². The molecule has 0 aromatic carbocycles. The summed E-state index contributed by atoms with van der Waals surface area (Å²) < 4.78 is 0. The van der Waals surface area contributed by atoms with Gasteiger partial charge in [0.25, 0.3) is 5.91 Å². The molecule has 0 saturated carbocycles. The molecule has 0 unspecified atom stereocenters. The minimum atomic E-state index is -0.368. The van der Waals surface area contributed by atoms with Crippen LogP contribution < -0.4 is 10.6 Å². The number of carbonyl (C=O) groups is 2. The van der Waals surface area contributed by atoms with Gasteiger partial charge in [0, 0.05) is 12.3 Å². The average Bonchev–Trinajstić information content (AvgIpc) is 2.95. The minimum absolute atomic E-state index is 0.155. The zero-order valence-corrected chi connectivity index (χ0v) is 10.1. The smallest absolute Gasteiger partial charge is 0.271 e. The molecule has 0 aliphatic carbocycles. The highest BCUT2D eigenvalue weighted by atomic mass is 32.1. The molecule has 2 aromatic rings. The number of thiazole rings is 1. The SMILES string of the molecule is CC(=O)Nc1nc(C(=O)NCc2nn[nH]n2)cs1. The highest BCUT2D eigenvalue weighted by molar-refractivity contribution is 7.14. The number of nitrogens with one attached hydrogen (secondary N) is 3. The summed E-state index contributed by atoms with van der Waals surface area (Å²) in [5.41, 5.74) is 0.229. The van der Waals surface area contributed by atoms with Crippen LogP contribution in [0.2, 0.25) is 0 Å². The lowest BCUT2D eigenvalue weighted by molar-refractivity contribution is -0.114. The van der Waals surface area contributed by atoms with Gasteiger partial charge in [0.1, 0.15) is 5.69 Å². The Labute approximate surface area is 105 Å². The van der Waals surface area contributed by atoms with Gasteiger partial charge in [-0.05, 0) is 0 Å². The zero-order chi connectivity index (χ0) is 13.0. The number of amides is 2. The molecule has 2 amide bonds. The van der Waals surface area contributed by atoms with E-state index in [9.17, 15) is 9.59 Å². The molecule has 0 spiro atoms. The fourth-order valence-corrected chi connectivity index (χ4v) is 1.83. The van der Waals surface area contributed by atoms with E-state index < -0.39 is 0 Å². The molecule has 0 bridgehead atoms. The van der Waals surface area contributed by atoms with Crippen LogP contribution in [0.1, 0.15) is 23.2 Å². The summed E-state index contributed by atoms with van der Waals surface area (Å²) in [6.07, 6.45) is 0.